The largest absolute Gasteiger partial charge is 0.448 e. The third-order valence-electron chi connectivity index (χ3n) is 4.52. The zero-order valence-electron chi connectivity index (χ0n) is 17.3. The maximum atomic E-state index is 12.7. The number of benzene rings is 1. The van der Waals surface area contributed by atoms with Crippen LogP contribution in [0.4, 0.5) is 0 Å². The zero-order valence-corrected chi connectivity index (χ0v) is 18.1. The van der Waals surface area contributed by atoms with E-state index in [1.54, 1.807) is 23.9 Å². The lowest BCUT2D eigenvalue weighted by Gasteiger charge is -2.21. The topological polar surface area (TPSA) is 77.3 Å². The van der Waals surface area contributed by atoms with Crippen molar-refractivity contribution in [2.24, 2.45) is 0 Å². The molecule has 2 heterocycles. The Kier molecular flexibility index (Phi) is 6.52. The number of likely N-dealkylation sites (N-methyl/N-ethyl adjacent to an activating group) is 1. The summed E-state index contributed by atoms with van der Waals surface area (Å²) in [5, 5.41) is 4.50. The number of hydrogen-bond acceptors (Lipinski definition) is 5. The van der Waals surface area contributed by atoms with Gasteiger partial charge in [-0.1, -0.05) is 41.9 Å². The molecule has 1 amide bonds. The van der Waals surface area contributed by atoms with E-state index in [1.807, 2.05) is 50.2 Å². The second kappa shape index (κ2) is 9.09. The molecule has 0 bridgehead atoms. The lowest BCUT2D eigenvalue weighted by atomic mass is 10.2. The van der Waals surface area contributed by atoms with Crippen molar-refractivity contribution in [2.75, 3.05) is 7.05 Å². The average molecular weight is 427 g/mol. The summed E-state index contributed by atoms with van der Waals surface area (Å²) < 4.78 is 6.97. The SMILES string of the molecule is Cc1cc(C)n(-c2ccc(Cl)c(C(=O)OC(C)C(=O)N(C)Cc3ccccc3)n2)n1. The van der Waals surface area contributed by atoms with Crippen LogP contribution in [-0.4, -0.2) is 44.7 Å². The second-order valence-corrected chi connectivity index (χ2v) is 7.47. The van der Waals surface area contributed by atoms with Crippen molar-refractivity contribution in [1.29, 1.82) is 0 Å². The Morgan fingerprint density at radius 2 is 1.87 bits per heavy atom. The zero-order chi connectivity index (χ0) is 21.8. The molecule has 0 saturated carbocycles. The first kappa shape index (κ1) is 21.5. The molecule has 3 aromatic rings. The number of carbonyl (C=O) groups excluding carboxylic acids is 2. The molecular weight excluding hydrogens is 404 g/mol. The van der Waals surface area contributed by atoms with E-state index in [0.717, 1.165) is 17.0 Å². The van der Waals surface area contributed by atoms with E-state index >= 15 is 0 Å². The van der Waals surface area contributed by atoms with Crippen LogP contribution in [0.15, 0.2) is 48.5 Å². The van der Waals surface area contributed by atoms with Gasteiger partial charge >= 0.3 is 5.97 Å². The van der Waals surface area contributed by atoms with Gasteiger partial charge in [-0.15, -0.1) is 0 Å². The lowest BCUT2D eigenvalue weighted by Crippen LogP contribution is -2.37. The summed E-state index contributed by atoms with van der Waals surface area (Å²) in [6, 6.07) is 14.7. The van der Waals surface area contributed by atoms with E-state index in [9.17, 15) is 9.59 Å². The van der Waals surface area contributed by atoms with Gasteiger partial charge in [0.15, 0.2) is 17.6 Å². The summed E-state index contributed by atoms with van der Waals surface area (Å²) in [7, 11) is 1.66. The molecule has 0 spiro atoms. The van der Waals surface area contributed by atoms with Gasteiger partial charge < -0.3 is 9.64 Å². The van der Waals surface area contributed by atoms with Crippen LogP contribution < -0.4 is 0 Å². The summed E-state index contributed by atoms with van der Waals surface area (Å²) in [6.45, 7) is 5.69. The Balaban J connectivity index is 1.72. The summed E-state index contributed by atoms with van der Waals surface area (Å²) in [5.41, 5.74) is 2.61. The third kappa shape index (κ3) is 4.86. The number of nitrogens with zero attached hydrogens (tertiary/aromatic N) is 4. The lowest BCUT2D eigenvalue weighted by molar-refractivity contribution is -0.139. The van der Waals surface area contributed by atoms with Crippen molar-refractivity contribution < 1.29 is 14.3 Å². The Morgan fingerprint density at radius 3 is 2.50 bits per heavy atom. The van der Waals surface area contributed by atoms with Gasteiger partial charge in [-0.25, -0.2) is 14.5 Å². The highest BCUT2D eigenvalue weighted by Crippen LogP contribution is 2.19. The van der Waals surface area contributed by atoms with Crippen LogP contribution in [0, 0.1) is 13.8 Å². The molecule has 30 heavy (non-hydrogen) atoms. The molecule has 1 unspecified atom stereocenters. The van der Waals surface area contributed by atoms with Crippen LogP contribution in [0.3, 0.4) is 0 Å². The minimum atomic E-state index is -0.985. The molecule has 0 radical (unpaired) electrons. The van der Waals surface area contributed by atoms with E-state index in [0.29, 0.717) is 12.4 Å². The van der Waals surface area contributed by atoms with Crippen LogP contribution in [0.2, 0.25) is 5.02 Å². The van der Waals surface area contributed by atoms with Gasteiger partial charge in [0.2, 0.25) is 0 Å². The molecule has 2 aromatic heterocycles. The Labute approximate surface area is 180 Å². The molecule has 8 heteroatoms. The van der Waals surface area contributed by atoms with Crippen LogP contribution in [-0.2, 0) is 16.1 Å². The fourth-order valence-corrected chi connectivity index (χ4v) is 3.25. The number of aryl methyl sites for hydroxylation is 2. The predicted octanol–water partition coefficient (Wildman–Crippen LogP) is 3.74. The van der Waals surface area contributed by atoms with Crippen molar-refractivity contribution in [1.82, 2.24) is 19.7 Å². The first-order valence-corrected chi connectivity index (χ1v) is 9.84. The monoisotopic (exact) mass is 426 g/mol. The summed E-state index contributed by atoms with van der Waals surface area (Å²) >= 11 is 6.17. The average Bonchev–Trinajstić information content (AvgIpc) is 3.06. The fraction of sp³-hybridized carbons (Fsp3) is 0.273. The van der Waals surface area contributed by atoms with E-state index in [4.69, 9.17) is 16.3 Å². The summed E-state index contributed by atoms with van der Waals surface area (Å²) in [4.78, 5) is 31.1. The van der Waals surface area contributed by atoms with E-state index in [2.05, 4.69) is 10.1 Å². The highest BCUT2D eigenvalue weighted by atomic mass is 35.5. The van der Waals surface area contributed by atoms with E-state index in [1.165, 1.54) is 11.8 Å². The number of aromatic nitrogens is 3. The number of halogens is 1. The highest BCUT2D eigenvalue weighted by molar-refractivity contribution is 6.33. The Hall–Kier alpha value is -3.19. The van der Waals surface area contributed by atoms with Gasteiger partial charge in [0.25, 0.3) is 5.91 Å². The second-order valence-electron chi connectivity index (χ2n) is 7.07. The summed E-state index contributed by atoms with van der Waals surface area (Å²) in [6.07, 6.45) is -0.985. The van der Waals surface area contributed by atoms with Crippen LogP contribution in [0.1, 0.15) is 34.4 Å². The highest BCUT2D eigenvalue weighted by Gasteiger charge is 2.25. The van der Waals surface area contributed by atoms with Crippen LogP contribution in [0.25, 0.3) is 5.82 Å². The number of esters is 1. The van der Waals surface area contributed by atoms with Crippen LogP contribution >= 0.6 is 11.6 Å². The number of rotatable bonds is 6. The first-order chi connectivity index (χ1) is 14.3. The predicted molar refractivity (Wildman–Crippen MR) is 114 cm³/mol. The normalized spacial score (nSPS) is 11.8. The number of amides is 1. The molecule has 0 aliphatic carbocycles. The standard InChI is InChI=1S/C22H23ClN4O3/c1-14-12-15(2)27(25-14)19-11-10-18(23)20(24-19)22(29)30-16(3)21(28)26(4)13-17-8-6-5-7-9-17/h5-12,16H,13H2,1-4H3. The molecule has 0 fully saturated rings. The van der Waals surface area contributed by atoms with Gasteiger partial charge in [0.05, 0.1) is 10.7 Å². The van der Waals surface area contributed by atoms with Crippen molar-refractivity contribution in [3.05, 3.63) is 76.2 Å². The molecular formula is C22H23ClN4O3. The van der Waals surface area contributed by atoms with Crippen molar-refractivity contribution in [3.63, 3.8) is 0 Å². The molecule has 0 aliphatic rings. The Bertz CT molecular complexity index is 1070. The van der Waals surface area contributed by atoms with Gasteiger partial charge in [-0.3, -0.25) is 4.79 Å². The third-order valence-corrected chi connectivity index (χ3v) is 4.83. The first-order valence-electron chi connectivity index (χ1n) is 9.46. The minimum absolute atomic E-state index is 0.0629. The molecule has 156 valence electrons. The molecule has 7 nitrogen and oxygen atoms in total. The number of pyridine rings is 1. The maximum absolute atomic E-state index is 12.7. The van der Waals surface area contributed by atoms with Crippen molar-refractivity contribution in [2.45, 2.75) is 33.4 Å². The van der Waals surface area contributed by atoms with Gasteiger partial charge in [0, 0.05) is 19.3 Å². The number of hydrogen-bond donors (Lipinski definition) is 0. The smallest absolute Gasteiger partial charge is 0.359 e. The number of ether oxygens (including phenoxy) is 1. The molecule has 0 saturated heterocycles. The summed E-state index contributed by atoms with van der Waals surface area (Å²) in [5.74, 6) is -0.646. The molecule has 0 aliphatic heterocycles. The fourth-order valence-electron chi connectivity index (χ4n) is 3.07. The maximum Gasteiger partial charge on any atom is 0.359 e. The molecule has 3 rings (SSSR count). The van der Waals surface area contributed by atoms with E-state index in [-0.39, 0.29) is 16.6 Å². The van der Waals surface area contributed by atoms with Gasteiger partial charge in [-0.05, 0) is 44.5 Å². The quantitative estimate of drug-likeness (QED) is 0.561. The number of carbonyl (C=O) groups is 2. The van der Waals surface area contributed by atoms with Crippen LogP contribution in [0.5, 0.6) is 0 Å². The van der Waals surface area contributed by atoms with Crippen molar-refractivity contribution in [3.8, 4) is 5.82 Å². The molecule has 1 atom stereocenters. The van der Waals surface area contributed by atoms with Crippen molar-refractivity contribution >= 4 is 23.5 Å². The minimum Gasteiger partial charge on any atom is -0.448 e. The van der Waals surface area contributed by atoms with Gasteiger partial charge in [0.1, 0.15) is 0 Å². The van der Waals surface area contributed by atoms with Gasteiger partial charge in [-0.2, -0.15) is 5.10 Å². The molecule has 0 N–H and O–H groups in total. The molecule has 1 aromatic carbocycles. The van der Waals surface area contributed by atoms with E-state index < -0.39 is 12.1 Å². The Morgan fingerprint density at radius 1 is 1.17 bits per heavy atom.